The van der Waals surface area contributed by atoms with Crippen LogP contribution in [0.15, 0.2) is 10.6 Å². The van der Waals surface area contributed by atoms with E-state index >= 15 is 0 Å². The molecule has 5 nitrogen and oxygen atoms in total. The van der Waals surface area contributed by atoms with Crippen LogP contribution in [0.3, 0.4) is 0 Å². The van der Waals surface area contributed by atoms with Crippen molar-refractivity contribution >= 4 is 0 Å². The molecule has 16 heavy (non-hydrogen) atoms. The van der Waals surface area contributed by atoms with E-state index in [0.717, 1.165) is 17.9 Å². The molecule has 0 N–H and O–H groups in total. The Hall–Kier alpha value is -0.910. The lowest BCUT2D eigenvalue weighted by Gasteiger charge is -2.03. The minimum absolute atomic E-state index is 0.495. The molecule has 0 atom stereocenters. The number of methoxy groups -OCH3 is 1. The zero-order valence-electron chi connectivity index (χ0n) is 9.90. The molecule has 1 heterocycles. The topological polar surface area (TPSA) is 53.7 Å². The summed E-state index contributed by atoms with van der Waals surface area (Å²) < 4.78 is 20.5. The molecule has 0 fully saturated rings. The molecule has 0 aliphatic rings. The van der Waals surface area contributed by atoms with Crippen molar-refractivity contribution in [1.29, 1.82) is 0 Å². The average molecular weight is 229 g/mol. The molecule has 1 rings (SSSR count). The predicted molar refractivity (Wildman–Crippen MR) is 58.2 cm³/mol. The summed E-state index contributed by atoms with van der Waals surface area (Å²) in [6, 6.07) is 1.87. The maximum atomic E-state index is 5.41. The van der Waals surface area contributed by atoms with Crippen molar-refractivity contribution in [2.45, 2.75) is 20.0 Å². The van der Waals surface area contributed by atoms with Gasteiger partial charge in [0.15, 0.2) is 0 Å². The van der Waals surface area contributed by atoms with Gasteiger partial charge in [-0.2, -0.15) is 0 Å². The van der Waals surface area contributed by atoms with Crippen LogP contribution in [0.25, 0.3) is 0 Å². The van der Waals surface area contributed by atoms with Crippen LogP contribution in [0, 0.1) is 6.92 Å². The Kier molecular flexibility index (Phi) is 6.80. The van der Waals surface area contributed by atoms with Crippen LogP contribution >= 0.6 is 0 Å². The van der Waals surface area contributed by atoms with E-state index < -0.39 is 0 Å². The lowest BCUT2D eigenvalue weighted by molar-refractivity contribution is 0.0474. The van der Waals surface area contributed by atoms with E-state index in [2.05, 4.69) is 5.16 Å². The van der Waals surface area contributed by atoms with Crippen molar-refractivity contribution in [1.82, 2.24) is 5.16 Å². The molecular formula is C11H19NO4. The maximum Gasteiger partial charge on any atom is 0.134 e. The molecule has 0 spiro atoms. The van der Waals surface area contributed by atoms with E-state index in [4.69, 9.17) is 18.7 Å². The molecule has 0 aliphatic heterocycles. The van der Waals surface area contributed by atoms with Crippen LogP contribution in [0.2, 0.25) is 0 Å². The summed E-state index contributed by atoms with van der Waals surface area (Å²) >= 11 is 0. The summed E-state index contributed by atoms with van der Waals surface area (Å²) in [6.45, 7) is 4.99. The average Bonchev–Trinajstić information content (AvgIpc) is 2.68. The summed E-state index contributed by atoms with van der Waals surface area (Å²) in [5.41, 5.74) is 0.831. The molecule has 1 aromatic rings. The van der Waals surface area contributed by atoms with Gasteiger partial charge in [0.1, 0.15) is 11.5 Å². The second kappa shape index (κ2) is 8.27. The Morgan fingerprint density at radius 2 is 2.00 bits per heavy atom. The zero-order chi connectivity index (χ0) is 11.6. The van der Waals surface area contributed by atoms with Gasteiger partial charge in [0.2, 0.25) is 0 Å². The minimum Gasteiger partial charge on any atom is -0.382 e. The molecule has 1 aromatic heterocycles. The third kappa shape index (κ3) is 5.85. The number of aromatic nitrogens is 1. The smallest absolute Gasteiger partial charge is 0.134 e. The SMILES string of the molecule is COCCOCCCOCc1cc(C)on1. The van der Waals surface area contributed by atoms with E-state index in [0.29, 0.717) is 33.0 Å². The maximum absolute atomic E-state index is 5.41. The Morgan fingerprint density at radius 1 is 1.19 bits per heavy atom. The molecule has 0 amide bonds. The summed E-state index contributed by atoms with van der Waals surface area (Å²) in [6.07, 6.45) is 0.876. The molecule has 0 aliphatic carbocycles. The quantitative estimate of drug-likeness (QED) is 0.601. The summed E-state index contributed by atoms with van der Waals surface area (Å²) in [5.74, 6) is 0.807. The lowest BCUT2D eigenvalue weighted by Crippen LogP contribution is -2.05. The number of rotatable bonds is 9. The van der Waals surface area contributed by atoms with Gasteiger partial charge in [-0.3, -0.25) is 0 Å². The lowest BCUT2D eigenvalue weighted by atomic mass is 10.4. The molecular weight excluding hydrogens is 210 g/mol. The number of hydrogen-bond acceptors (Lipinski definition) is 5. The van der Waals surface area contributed by atoms with Gasteiger partial charge >= 0.3 is 0 Å². The third-order valence-corrected chi connectivity index (χ3v) is 1.94. The first-order valence-corrected chi connectivity index (χ1v) is 5.39. The first-order chi connectivity index (χ1) is 7.83. The standard InChI is InChI=1S/C11H19NO4/c1-10-8-11(12-16-10)9-15-5-3-4-14-7-6-13-2/h8H,3-7,9H2,1-2H3. The molecule has 0 saturated heterocycles. The van der Waals surface area contributed by atoms with Crippen molar-refractivity contribution < 1.29 is 18.7 Å². The molecule has 92 valence electrons. The monoisotopic (exact) mass is 229 g/mol. The highest BCUT2D eigenvalue weighted by atomic mass is 16.5. The number of aryl methyl sites for hydroxylation is 1. The minimum atomic E-state index is 0.495. The normalized spacial score (nSPS) is 10.9. The largest absolute Gasteiger partial charge is 0.382 e. The van der Waals surface area contributed by atoms with Crippen LogP contribution in [0.5, 0.6) is 0 Å². The van der Waals surface area contributed by atoms with Gasteiger partial charge in [-0.05, 0) is 13.3 Å². The van der Waals surface area contributed by atoms with Crippen molar-refractivity contribution in [3.63, 3.8) is 0 Å². The predicted octanol–water partition coefficient (Wildman–Crippen LogP) is 1.55. The number of ether oxygens (including phenoxy) is 3. The highest BCUT2D eigenvalue weighted by Gasteiger charge is 1.99. The Morgan fingerprint density at radius 3 is 2.69 bits per heavy atom. The second-order valence-corrected chi connectivity index (χ2v) is 3.44. The van der Waals surface area contributed by atoms with Crippen LogP contribution in [0.4, 0.5) is 0 Å². The van der Waals surface area contributed by atoms with Gasteiger partial charge in [0, 0.05) is 26.4 Å². The summed E-state index contributed by atoms with van der Waals surface area (Å²) in [5, 5.41) is 3.83. The Bertz CT molecular complexity index is 275. The van der Waals surface area contributed by atoms with Gasteiger partial charge in [0.25, 0.3) is 0 Å². The fraction of sp³-hybridized carbons (Fsp3) is 0.727. The van der Waals surface area contributed by atoms with E-state index in [1.807, 2.05) is 13.0 Å². The fourth-order valence-corrected chi connectivity index (χ4v) is 1.17. The third-order valence-electron chi connectivity index (χ3n) is 1.94. The van der Waals surface area contributed by atoms with Gasteiger partial charge in [-0.15, -0.1) is 0 Å². The van der Waals surface area contributed by atoms with Gasteiger partial charge in [-0.1, -0.05) is 5.16 Å². The van der Waals surface area contributed by atoms with Crippen LogP contribution in [-0.2, 0) is 20.8 Å². The van der Waals surface area contributed by atoms with E-state index in [1.165, 1.54) is 0 Å². The Balaban J connectivity index is 1.88. The Labute approximate surface area is 95.7 Å². The second-order valence-electron chi connectivity index (χ2n) is 3.44. The van der Waals surface area contributed by atoms with Crippen molar-refractivity contribution in [2.24, 2.45) is 0 Å². The van der Waals surface area contributed by atoms with E-state index in [9.17, 15) is 0 Å². The van der Waals surface area contributed by atoms with Crippen LogP contribution in [-0.4, -0.2) is 38.7 Å². The zero-order valence-corrected chi connectivity index (χ0v) is 9.90. The van der Waals surface area contributed by atoms with Gasteiger partial charge < -0.3 is 18.7 Å². The van der Waals surface area contributed by atoms with Crippen molar-refractivity contribution in [2.75, 3.05) is 33.5 Å². The first-order valence-electron chi connectivity index (χ1n) is 5.39. The van der Waals surface area contributed by atoms with E-state index in [1.54, 1.807) is 7.11 Å². The number of nitrogens with zero attached hydrogens (tertiary/aromatic N) is 1. The molecule has 0 saturated carbocycles. The van der Waals surface area contributed by atoms with Crippen molar-refractivity contribution in [3.05, 3.63) is 17.5 Å². The highest BCUT2D eigenvalue weighted by molar-refractivity contribution is 5.01. The van der Waals surface area contributed by atoms with Crippen LogP contribution in [0.1, 0.15) is 17.9 Å². The van der Waals surface area contributed by atoms with Crippen LogP contribution < -0.4 is 0 Å². The first kappa shape index (κ1) is 13.2. The fourth-order valence-electron chi connectivity index (χ4n) is 1.17. The molecule has 0 aromatic carbocycles. The summed E-state index contributed by atoms with van der Waals surface area (Å²) in [7, 11) is 1.66. The van der Waals surface area contributed by atoms with Gasteiger partial charge in [-0.25, -0.2) is 0 Å². The van der Waals surface area contributed by atoms with E-state index in [-0.39, 0.29) is 0 Å². The van der Waals surface area contributed by atoms with Crippen molar-refractivity contribution in [3.8, 4) is 0 Å². The molecule has 0 radical (unpaired) electrons. The highest BCUT2D eigenvalue weighted by Crippen LogP contribution is 2.02. The molecule has 0 bridgehead atoms. The van der Waals surface area contributed by atoms with Gasteiger partial charge in [0.05, 0.1) is 19.8 Å². The summed E-state index contributed by atoms with van der Waals surface area (Å²) in [4.78, 5) is 0. The molecule has 0 unspecified atom stereocenters. The number of hydrogen-bond donors (Lipinski definition) is 0. The molecule has 5 heteroatoms.